The smallest absolute Gasteiger partial charge is 0.123 e. The van der Waals surface area contributed by atoms with Gasteiger partial charge in [0.25, 0.3) is 0 Å². The Labute approximate surface area is 121 Å². The van der Waals surface area contributed by atoms with Crippen molar-refractivity contribution in [3.63, 3.8) is 0 Å². The van der Waals surface area contributed by atoms with E-state index in [4.69, 9.17) is 25.8 Å². The monoisotopic (exact) mass is 336 g/mol. The van der Waals surface area contributed by atoms with Crippen LogP contribution in [0, 0.1) is 0 Å². The van der Waals surface area contributed by atoms with Gasteiger partial charge in [0, 0.05) is 30.4 Å². The third-order valence-corrected chi connectivity index (χ3v) is 3.07. The summed E-state index contributed by atoms with van der Waals surface area (Å²) in [5.41, 5.74) is 0.977. The van der Waals surface area contributed by atoms with Crippen molar-refractivity contribution in [3.05, 3.63) is 28.2 Å². The molecule has 0 saturated heterocycles. The molecule has 1 rings (SSSR count). The lowest BCUT2D eigenvalue weighted by Crippen LogP contribution is -2.09. The van der Waals surface area contributed by atoms with E-state index in [1.165, 1.54) is 0 Å². The van der Waals surface area contributed by atoms with Crippen LogP contribution in [-0.2, 0) is 15.4 Å². The van der Waals surface area contributed by atoms with Gasteiger partial charge in [0.2, 0.25) is 0 Å². The number of methoxy groups -OCH3 is 1. The zero-order valence-corrected chi connectivity index (χ0v) is 12.8. The van der Waals surface area contributed by atoms with Crippen molar-refractivity contribution >= 4 is 27.5 Å². The highest BCUT2D eigenvalue weighted by Crippen LogP contribution is 2.24. The summed E-state index contributed by atoms with van der Waals surface area (Å²) in [6.07, 6.45) is 0.904. The second-order valence-corrected chi connectivity index (χ2v) is 4.88. The molecule has 102 valence electrons. The van der Waals surface area contributed by atoms with Gasteiger partial charge in [0.15, 0.2) is 0 Å². The van der Waals surface area contributed by atoms with E-state index in [9.17, 15) is 0 Å². The van der Waals surface area contributed by atoms with Crippen LogP contribution in [0.2, 0.25) is 0 Å². The average Bonchev–Trinajstić information content (AvgIpc) is 2.39. The molecule has 0 unspecified atom stereocenters. The minimum absolute atomic E-state index is 0.434. The Hall–Kier alpha value is -0.290. The standard InChI is InChI=1S/C13H18BrClO3/c1-16-5-2-6-17-7-8-18-13-4-3-12(14)9-11(13)10-15/h3-4,9H,2,5-8,10H2,1H3. The molecule has 5 heteroatoms. The Bertz CT molecular complexity index is 347. The molecule has 0 bridgehead atoms. The highest BCUT2D eigenvalue weighted by atomic mass is 79.9. The van der Waals surface area contributed by atoms with E-state index in [1.807, 2.05) is 18.2 Å². The molecule has 0 aliphatic carbocycles. The first kappa shape index (κ1) is 15.8. The van der Waals surface area contributed by atoms with Gasteiger partial charge >= 0.3 is 0 Å². The van der Waals surface area contributed by atoms with Crippen LogP contribution in [0.15, 0.2) is 22.7 Å². The van der Waals surface area contributed by atoms with Gasteiger partial charge in [-0.3, -0.25) is 0 Å². The first-order chi connectivity index (χ1) is 8.77. The minimum atomic E-state index is 0.434. The molecule has 0 aromatic heterocycles. The number of benzene rings is 1. The van der Waals surface area contributed by atoms with Crippen LogP contribution < -0.4 is 4.74 Å². The van der Waals surface area contributed by atoms with Crippen molar-refractivity contribution in [2.45, 2.75) is 12.3 Å². The molecular weight excluding hydrogens is 319 g/mol. The summed E-state index contributed by atoms with van der Waals surface area (Å²) in [5.74, 6) is 1.25. The first-order valence-corrected chi connectivity index (χ1v) is 7.14. The van der Waals surface area contributed by atoms with E-state index in [0.29, 0.717) is 25.7 Å². The van der Waals surface area contributed by atoms with Gasteiger partial charge in [-0.05, 0) is 24.6 Å². The van der Waals surface area contributed by atoms with Gasteiger partial charge in [0.05, 0.1) is 12.5 Å². The molecule has 0 aliphatic heterocycles. The number of hydrogen-bond acceptors (Lipinski definition) is 3. The van der Waals surface area contributed by atoms with Crippen LogP contribution in [0.25, 0.3) is 0 Å². The first-order valence-electron chi connectivity index (χ1n) is 5.81. The predicted molar refractivity (Wildman–Crippen MR) is 76.5 cm³/mol. The fourth-order valence-electron chi connectivity index (χ4n) is 1.41. The van der Waals surface area contributed by atoms with Crippen LogP contribution in [0.3, 0.4) is 0 Å². The van der Waals surface area contributed by atoms with Crippen molar-refractivity contribution in [2.24, 2.45) is 0 Å². The Morgan fingerprint density at radius 3 is 2.72 bits per heavy atom. The van der Waals surface area contributed by atoms with Crippen LogP contribution in [0.4, 0.5) is 0 Å². The number of halogens is 2. The third-order valence-electron chi connectivity index (χ3n) is 2.29. The molecule has 0 heterocycles. The molecule has 3 nitrogen and oxygen atoms in total. The molecule has 0 N–H and O–H groups in total. The zero-order chi connectivity index (χ0) is 13.2. The Morgan fingerprint density at radius 2 is 2.00 bits per heavy atom. The van der Waals surface area contributed by atoms with Crippen LogP contribution in [0.1, 0.15) is 12.0 Å². The lowest BCUT2D eigenvalue weighted by atomic mass is 10.2. The second kappa shape index (κ2) is 9.62. The molecule has 0 fully saturated rings. The maximum atomic E-state index is 5.86. The van der Waals surface area contributed by atoms with Crippen molar-refractivity contribution in [2.75, 3.05) is 33.5 Å². The number of rotatable bonds is 9. The van der Waals surface area contributed by atoms with Gasteiger partial charge in [0.1, 0.15) is 12.4 Å². The van der Waals surface area contributed by atoms with E-state index in [-0.39, 0.29) is 0 Å². The summed E-state index contributed by atoms with van der Waals surface area (Å²) in [4.78, 5) is 0. The van der Waals surface area contributed by atoms with Crippen molar-refractivity contribution in [1.82, 2.24) is 0 Å². The maximum Gasteiger partial charge on any atom is 0.123 e. The van der Waals surface area contributed by atoms with Crippen LogP contribution >= 0.6 is 27.5 Å². The highest BCUT2D eigenvalue weighted by molar-refractivity contribution is 9.10. The molecule has 1 aromatic carbocycles. The number of alkyl halides is 1. The minimum Gasteiger partial charge on any atom is -0.491 e. The van der Waals surface area contributed by atoms with E-state index in [2.05, 4.69) is 15.9 Å². The Morgan fingerprint density at radius 1 is 1.17 bits per heavy atom. The lowest BCUT2D eigenvalue weighted by molar-refractivity contribution is 0.0805. The van der Waals surface area contributed by atoms with E-state index < -0.39 is 0 Å². The second-order valence-electron chi connectivity index (χ2n) is 3.69. The predicted octanol–water partition coefficient (Wildman–Crippen LogP) is 3.62. The molecule has 0 saturated carbocycles. The summed E-state index contributed by atoms with van der Waals surface area (Å²) in [7, 11) is 1.68. The number of ether oxygens (including phenoxy) is 3. The van der Waals surface area contributed by atoms with Crippen molar-refractivity contribution in [3.8, 4) is 5.75 Å². The summed E-state index contributed by atoms with van der Waals surface area (Å²) in [6.45, 7) is 2.52. The highest BCUT2D eigenvalue weighted by Gasteiger charge is 2.03. The average molecular weight is 338 g/mol. The zero-order valence-electron chi connectivity index (χ0n) is 10.5. The Balaban J connectivity index is 2.22. The Kier molecular flexibility index (Phi) is 8.42. The van der Waals surface area contributed by atoms with Crippen LogP contribution in [0.5, 0.6) is 5.75 Å². The summed E-state index contributed by atoms with van der Waals surface area (Å²) >= 11 is 9.26. The van der Waals surface area contributed by atoms with Gasteiger partial charge in [-0.25, -0.2) is 0 Å². The third kappa shape index (κ3) is 6.05. The molecular formula is C13H18BrClO3. The fraction of sp³-hybridized carbons (Fsp3) is 0.538. The number of hydrogen-bond donors (Lipinski definition) is 0. The molecule has 0 aliphatic rings. The van der Waals surface area contributed by atoms with Gasteiger partial charge < -0.3 is 14.2 Å². The van der Waals surface area contributed by atoms with Crippen LogP contribution in [-0.4, -0.2) is 33.5 Å². The molecule has 0 amide bonds. The summed E-state index contributed by atoms with van der Waals surface area (Å²) < 4.78 is 17.0. The SMILES string of the molecule is COCCCOCCOc1ccc(Br)cc1CCl. The molecule has 0 radical (unpaired) electrons. The fourth-order valence-corrected chi connectivity index (χ4v) is 2.03. The normalized spacial score (nSPS) is 10.6. The van der Waals surface area contributed by atoms with Gasteiger partial charge in [-0.1, -0.05) is 15.9 Å². The largest absolute Gasteiger partial charge is 0.491 e. The van der Waals surface area contributed by atoms with Crippen molar-refractivity contribution < 1.29 is 14.2 Å². The summed E-state index contributed by atoms with van der Waals surface area (Å²) in [5, 5.41) is 0. The topological polar surface area (TPSA) is 27.7 Å². The van der Waals surface area contributed by atoms with Crippen molar-refractivity contribution in [1.29, 1.82) is 0 Å². The van der Waals surface area contributed by atoms with Gasteiger partial charge in [-0.2, -0.15) is 0 Å². The molecule has 0 spiro atoms. The van der Waals surface area contributed by atoms with Gasteiger partial charge in [-0.15, -0.1) is 11.6 Å². The van der Waals surface area contributed by atoms with E-state index >= 15 is 0 Å². The quantitative estimate of drug-likeness (QED) is 0.509. The maximum absolute atomic E-state index is 5.86. The molecule has 0 atom stereocenters. The van der Waals surface area contributed by atoms with E-state index in [1.54, 1.807) is 7.11 Å². The van der Waals surface area contributed by atoms with E-state index in [0.717, 1.165) is 28.8 Å². The summed E-state index contributed by atoms with van der Waals surface area (Å²) in [6, 6.07) is 5.80. The molecule has 18 heavy (non-hydrogen) atoms. The molecule has 1 aromatic rings. The lowest BCUT2D eigenvalue weighted by Gasteiger charge is -2.10.